The van der Waals surface area contributed by atoms with E-state index in [1.54, 1.807) is 31.3 Å². The number of carbonyl (C=O) groups is 1. The Kier molecular flexibility index (Phi) is 5.91. The predicted octanol–water partition coefficient (Wildman–Crippen LogP) is 0.449. The SMILES string of the molecule is CCOC(=O)CN(C)S(=O)(=O)CCc1ccccn1. The summed E-state index contributed by atoms with van der Waals surface area (Å²) in [5, 5.41) is 0. The van der Waals surface area contributed by atoms with Crippen molar-refractivity contribution in [3.63, 3.8) is 0 Å². The Morgan fingerprint density at radius 1 is 1.42 bits per heavy atom. The summed E-state index contributed by atoms with van der Waals surface area (Å²) < 4.78 is 29.6. The molecule has 0 radical (unpaired) electrons. The van der Waals surface area contributed by atoms with Gasteiger partial charge in [-0.15, -0.1) is 0 Å². The van der Waals surface area contributed by atoms with Crippen molar-refractivity contribution < 1.29 is 17.9 Å². The van der Waals surface area contributed by atoms with Crippen molar-refractivity contribution in [2.45, 2.75) is 13.3 Å². The third-order valence-corrected chi connectivity index (χ3v) is 4.27. The molecule has 0 N–H and O–H groups in total. The zero-order valence-electron chi connectivity index (χ0n) is 11.1. The first kappa shape index (κ1) is 15.6. The average Bonchev–Trinajstić information content (AvgIpc) is 2.38. The molecule has 0 spiro atoms. The van der Waals surface area contributed by atoms with Crippen LogP contribution in [0, 0.1) is 0 Å². The molecule has 0 saturated heterocycles. The van der Waals surface area contributed by atoms with Gasteiger partial charge in [0.2, 0.25) is 10.0 Å². The molecule has 0 aliphatic carbocycles. The first-order valence-corrected chi connectivity index (χ1v) is 7.56. The molecule has 0 fully saturated rings. The summed E-state index contributed by atoms with van der Waals surface area (Å²) >= 11 is 0. The van der Waals surface area contributed by atoms with Crippen LogP contribution in [0.5, 0.6) is 0 Å². The van der Waals surface area contributed by atoms with Gasteiger partial charge in [-0.2, -0.15) is 4.31 Å². The van der Waals surface area contributed by atoms with Crippen LogP contribution in [0.1, 0.15) is 12.6 Å². The van der Waals surface area contributed by atoms with E-state index in [4.69, 9.17) is 4.74 Å². The van der Waals surface area contributed by atoms with Crippen LogP contribution in [0.2, 0.25) is 0 Å². The number of likely N-dealkylation sites (N-methyl/N-ethyl adjacent to an activating group) is 1. The van der Waals surface area contributed by atoms with E-state index < -0.39 is 16.0 Å². The number of pyridine rings is 1. The normalized spacial score (nSPS) is 11.5. The highest BCUT2D eigenvalue weighted by Gasteiger charge is 2.21. The lowest BCUT2D eigenvalue weighted by molar-refractivity contribution is -0.143. The minimum Gasteiger partial charge on any atom is -0.465 e. The zero-order chi connectivity index (χ0) is 14.3. The Morgan fingerprint density at radius 3 is 2.74 bits per heavy atom. The molecule has 0 aliphatic rings. The number of esters is 1. The number of hydrogen-bond donors (Lipinski definition) is 0. The fraction of sp³-hybridized carbons (Fsp3) is 0.500. The van der Waals surface area contributed by atoms with Crippen molar-refractivity contribution >= 4 is 16.0 Å². The number of carbonyl (C=O) groups excluding carboxylic acids is 1. The summed E-state index contributed by atoms with van der Waals surface area (Å²) in [7, 11) is -2.11. The van der Waals surface area contributed by atoms with E-state index in [1.807, 2.05) is 0 Å². The van der Waals surface area contributed by atoms with Crippen molar-refractivity contribution in [1.82, 2.24) is 9.29 Å². The smallest absolute Gasteiger partial charge is 0.321 e. The molecule has 0 amide bonds. The van der Waals surface area contributed by atoms with Crippen molar-refractivity contribution in [2.75, 3.05) is 26.0 Å². The highest BCUT2D eigenvalue weighted by molar-refractivity contribution is 7.89. The summed E-state index contributed by atoms with van der Waals surface area (Å²) in [5.41, 5.74) is 0.704. The Labute approximate surface area is 113 Å². The van der Waals surface area contributed by atoms with E-state index in [0.29, 0.717) is 12.1 Å². The van der Waals surface area contributed by atoms with Gasteiger partial charge in [0.05, 0.1) is 12.4 Å². The lowest BCUT2D eigenvalue weighted by Crippen LogP contribution is -2.35. The molecule has 0 atom stereocenters. The fourth-order valence-electron chi connectivity index (χ4n) is 1.42. The van der Waals surface area contributed by atoms with Crippen molar-refractivity contribution in [3.8, 4) is 0 Å². The molecule has 0 aliphatic heterocycles. The third kappa shape index (κ3) is 5.35. The monoisotopic (exact) mass is 286 g/mol. The van der Waals surface area contributed by atoms with Gasteiger partial charge in [-0.05, 0) is 19.1 Å². The second kappa shape index (κ2) is 7.20. The lowest BCUT2D eigenvalue weighted by atomic mass is 10.3. The van der Waals surface area contributed by atoms with Gasteiger partial charge in [-0.25, -0.2) is 8.42 Å². The minimum atomic E-state index is -3.48. The molecular weight excluding hydrogens is 268 g/mol. The van der Waals surface area contributed by atoms with E-state index in [0.717, 1.165) is 4.31 Å². The number of hydrogen-bond acceptors (Lipinski definition) is 5. The van der Waals surface area contributed by atoms with Crippen molar-refractivity contribution in [1.29, 1.82) is 0 Å². The summed E-state index contributed by atoms with van der Waals surface area (Å²) in [6.07, 6.45) is 1.93. The second-order valence-electron chi connectivity index (χ2n) is 3.95. The highest BCUT2D eigenvalue weighted by atomic mass is 32.2. The van der Waals surface area contributed by atoms with E-state index in [9.17, 15) is 13.2 Å². The van der Waals surface area contributed by atoms with Crippen LogP contribution in [0.15, 0.2) is 24.4 Å². The average molecular weight is 286 g/mol. The third-order valence-electron chi connectivity index (χ3n) is 2.47. The molecule has 1 aromatic rings. The van der Waals surface area contributed by atoms with Gasteiger partial charge in [0, 0.05) is 25.4 Å². The highest BCUT2D eigenvalue weighted by Crippen LogP contribution is 2.03. The van der Waals surface area contributed by atoms with Gasteiger partial charge in [0.1, 0.15) is 6.54 Å². The van der Waals surface area contributed by atoms with E-state index in [2.05, 4.69) is 4.98 Å². The number of aromatic nitrogens is 1. The van der Waals surface area contributed by atoms with Gasteiger partial charge in [-0.3, -0.25) is 9.78 Å². The molecule has 0 bridgehead atoms. The van der Waals surface area contributed by atoms with Crippen LogP contribution in [0.3, 0.4) is 0 Å². The van der Waals surface area contributed by atoms with Crippen LogP contribution in [-0.2, 0) is 26.0 Å². The van der Waals surface area contributed by atoms with Gasteiger partial charge < -0.3 is 4.74 Å². The maximum atomic E-state index is 11.9. The molecule has 1 aromatic heterocycles. The summed E-state index contributed by atoms with van der Waals surface area (Å²) in [6.45, 7) is 1.65. The summed E-state index contributed by atoms with van der Waals surface area (Å²) in [5.74, 6) is -0.633. The molecule has 1 heterocycles. The molecule has 106 valence electrons. The molecule has 0 aromatic carbocycles. The van der Waals surface area contributed by atoms with E-state index in [1.165, 1.54) is 7.05 Å². The second-order valence-corrected chi connectivity index (χ2v) is 6.14. The van der Waals surface area contributed by atoms with E-state index >= 15 is 0 Å². The molecule has 19 heavy (non-hydrogen) atoms. The molecule has 6 nitrogen and oxygen atoms in total. The van der Waals surface area contributed by atoms with Crippen LogP contribution >= 0.6 is 0 Å². The summed E-state index contributed by atoms with van der Waals surface area (Å²) in [6, 6.07) is 5.34. The number of rotatable bonds is 7. The van der Waals surface area contributed by atoms with E-state index in [-0.39, 0.29) is 18.9 Å². The maximum absolute atomic E-state index is 11.9. The van der Waals surface area contributed by atoms with Gasteiger partial charge >= 0.3 is 5.97 Å². The maximum Gasteiger partial charge on any atom is 0.321 e. The van der Waals surface area contributed by atoms with Gasteiger partial charge in [0.25, 0.3) is 0 Å². The van der Waals surface area contributed by atoms with Gasteiger partial charge in [-0.1, -0.05) is 6.07 Å². The Balaban J connectivity index is 2.53. The number of ether oxygens (including phenoxy) is 1. The van der Waals surface area contributed by atoms with Crippen LogP contribution < -0.4 is 0 Å². The summed E-state index contributed by atoms with van der Waals surface area (Å²) in [4.78, 5) is 15.3. The first-order valence-electron chi connectivity index (χ1n) is 5.95. The Bertz CT molecular complexity index is 502. The predicted molar refractivity (Wildman–Crippen MR) is 71.0 cm³/mol. The molecule has 0 unspecified atom stereocenters. The molecule has 7 heteroatoms. The largest absolute Gasteiger partial charge is 0.465 e. The fourth-order valence-corrected chi connectivity index (χ4v) is 2.50. The van der Waals surface area contributed by atoms with Crippen LogP contribution in [0.4, 0.5) is 0 Å². The molecular formula is C12H18N2O4S. The lowest BCUT2D eigenvalue weighted by Gasteiger charge is -2.15. The Morgan fingerprint density at radius 2 is 2.16 bits per heavy atom. The number of nitrogens with zero attached hydrogens (tertiary/aromatic N) is 2. The standard InChI is InChI=1S/C12H18N2O4S/c1-3-18-12(15)10-14(2)19(16,17)9-7-11-6-4-5-8-13-11/h4-6,8H,3,7,9-10H2,1-2H3. The molecule has 1 rings (SSSR count). The van der Waals surface area contributed by atoms with Crippen molar-refractivity contribution in [2.24, 2.45) is 0 Å². The zero-order valence-corrected chi connectivity index (χ0v) is 11.9. The minimum absolute atomic E-state index is 0.0834. The quantitative estimate of drug-likeness (QED) is 0.680. The topological polar surface area (TPSA) is 76.6 Å². The molecule has 0 saturated carbocycles. The first-order chi connectivity index (χ1) is 8.95. The van der Waals surface area contributed by atoms with Gasteiger partial charge in [0.15, 0.2) is 0 Å². The number of aryl methyl sites for hydroxylation is 1. The van der Waals surface area contributed by atoms with Crippen LogP contribution in [-0.4, -0.2) is 49.6 Å². The van der Waals surface area contributed by atoms with Crippen LogP contribution in [0.25, 0.3) is 0 Å². The van der Waals surface area contributed by atoms with Crippen molar-refractivity contribution in [3.05, 3.63) is 30.1 Å². The number of sulfonamides is 1. The Hall–Kier alpha value is -1.47.